The van der Waals surface area contributed by atoms with Crippen LogP contribution in [0.3, 0.4) is 0 Å². The molecule has 5 rings (SSSR count). The second-order valence-electron chi connectivity index (χ2n) is 9.98. The van der Waals surface area contributed by atoms with Crippen molar-refractivity contribution in [3.63, 3.8) is 0 Å². The second-order valence-corrected chi connectivity index (χ2v) is 13.4. The van der Waals surface area contributed by atoms with Gasteiger partial charge in [0, 0.05) is 33.4 Å². The number of benzene rings is 2. The van der Waals surface area contributed by atoms with E-state index in [0.29, 0.717) is 45.7 Å². The number of halogens is 1. The molecule has 0 amide bonds. The number of carbonyl (C=O) groups excluding carboxylic acids is 1. The van der Waals surface area contributed by atoms with Gasteiger partial charge in [0.25, 0.3) is 0 Å². The van der Waals surface area contributed by atoms with Crippen LogP contribution in [0.5, 0.6) is 0 Å². The number of allylic oxidation sites excluding steroid dienone is 3. The minimum absolute atomic E-state index is 0.0401. The number of ketones is 1. The van der Waals surface area contributed by atoms with E-state index in [0.717, 1.165) is 26.1 Å². The third-order valence-corrected chi connectivity index (χ3v) is 9.93. The molecule has 0 saturated heterocycles. The largest absolute Gasteiger partial charge is 0.384 e. The Hall–Kier alpha value is -2.77. The van der Waals surface area contributed by atoms with Crippen LogP contribution >= 0.6 is 46.5 Å². The predicted octanol–water partition coefficient (Wildman–Crippen LogP) is 7.15. The predicted molar refractivity (Wildman–Crippen MR) is 156 cm³/mol. The molecule has 38 heavy (non-hydrogen) atoms. The molecule has 1 unspecified atom stereocenters. The SMILES string of the molecule is CSc1ccc(C2C(C#N)=C(N)N(c3nnc(SCc4ccccc4Cl)s3)C3=C2C(=O)CC(C)(C)C3)cc1. The summed E-state index contributed by atoms with van der Waals surface area (Å²) in [6, 6.07) is 18.0. The lowest BCUT2D eigenvalue weighted by Crippen LogP contribution is -2.42. The van der Waals surface area contributed by atoms with Gasteiger partial charge in [-0.1, -0.05) is 78.9 Å². The first-order valence-electron chi connectivity index (χ1n) is 12.0. The van der Waals surface area contributed by atoms with E-state index in [2.05, 4.69) is 30.1 Å². The highest BCUT2D eigenvalue weighted by atomic mass is 35.5. The van der Waals surface area contributed by atoms with Crippen molar-refractivity contribution >= 4 is 57.4 Å². The molecule has 1 aliphatic heterocycles. The molecule has 194 valence electrons. The van der Waals surface area contributed by atoms with Crippen molar-refractivity contribution in [3.05, 3.63) is 87.3 Å². The van der Waals surface area contributed by atoms with E-state index in [1.807, 2.05) is 54.8 Å². The normalized spacial score (nSPS) is 19.0. The van der Waals surface area contributed by atoms with Gasteiger partial charge in [-0.15, -0.1) is 22.0 Å². The van der Waals surface area contributed by atoms with Crippen molar-refractivity contribution in [2.45, 2.75) is 47.6 Å². The molecule has 1 aliphatic carbocycles. The summed E-state index contributed by atoms with van der Waals surface area (Å²) >= 11 is 10.9. The van der Waals surface area contributed by atoms with Gasteiger partial charge in [-0.05, 0) is 47.4 Å². The van der Waals surface area contributed by atoms with Gasteiger partial charge in [0.05, 0.1) is 17.6 Å². The molecule has 2 heterocycles. The number of nitrogens with two attached hydrogens (primary N) is 1. The highest BCUT2D eigenvalue weighted by Gasteiger charge is 2.45. The van der Waals surface area contributed by atoms with Crippen molar-refractivity contribution < 1.29 is 4.79 Å². The van der Waals surface area contributed by atoms with E-state index in [1.165, 1.54) is 23.1 Å². The van der Waals surface area contributed by atoms with Crippen LogP contribution in [0.15, 0.2) is 80.4 Å². The molecule has 10 heteroatoms. The fourth-order valence-electron chi connectivity index (χ4n) is 4.96. The van der Waals surface area contributed by atoms with E-state index in [1.54, 1.807) is 16.7 Å². The monoisotopic (exact) mass is 579 g/mol. The Labute approximate surface area is 240 Å². The Morgan fingerprint density at radius 2 is 1.92 bits per heavy atom. The van der Waals surface area contributed by atoms with Gasteiger partial charge in [-0.3, -0.25) is 9.69 Å². The van der Waals surface area contributed by atoms with Crippen LogP contribution in [0.2, 0.25) is 5.02 Å². The van der Waals surface area contributed by atoms with Crippen molar-refractivity contribution in [2.75, 3.05) is 11.2 Å². The molecule has 0 spiro atoms. The Kier molecular flexibility index (Phi) is 7.60. The fraction of sp³-hybridized carbons (Fsp3) is 0.286. The van der Waals surface area contributed by atoms with E-state index < -0.39 is 5.92 Å². The van der Waals surface area contributed by atoms with Gasteiger partial charge in [0.2, 0.25) is 5.13 Å². The zero-order valence-corrected chi connectivity index (χ0v) is 24.4. The average Bonchev–Trinajstić information content (AvgIpc) is 3.35. The zero-order chi connectivity index (χ0) is 27.0. The standard InChI is InChI=1S/C28H26ClN5OS3/c1-28(2)12-21-24(22(35)13-28)23(16-8-10-18(36-3)11-9-16)19(14-30)25(31)34(21)26-32-33-27(38-26)37-15-17-6-4-5-7-20(17)29/h4-11,23H,12-13,15,31H2,1-3H3. The lowest BCUT2D eigenvalue weighted by atomic mass is 9.69. The molecule has 2 aromatic carbocycles. The summed E-state index contributed by atoms with van der Waals surface area (Å²) in [6.07, 6.45) is 3.06. The molecule has 3 aromatic rings. The summed E-state index contributed by atoms with van der Waals surface area (Å²) < 4.78 is 0.754. The van der Waals surface area contributed by atoms with Crippen molar-refractivity contribution in [1.82, 2.24) is 10.2 Å². The van der Waals surface area contributed by atoms with Gasteiger partial charge >= 0.3 is 0 Å². The molecule has 1 aromatic heterocycles. The maximum absolute atomic E-state index is 13.7. The highest BCUT2D eigenvalue weighted by Crippen LogP contribution is 2.51. The van der Waals surface area contributed by atoms with Crippen LogP contribution in [0.4, 0.5) is 5.13 Å². The quantitative estimate of drug-likeness (QED) is 0.308. The van der Waals surface area contributed by atoms with Gasteiger partial charge in [-0.25, -0.2) is 0 Å². The summed E-state index contributed by atoms with van der Waals surface area (Å²) in [5, 5.41) is 20.4. The Morgan fingerprint density at radius 3 is 2.61 bits per heavy atom. The number of thioether (sulfide) groups is 2. The summed E-state index contributed by atoms with van der Waals surface area (Å²) in [6.45, 7) is 4.17. The molecular weight excluding hydrogens is 554 g/mol. The van der Waals surface area contributed by atoms with Crippen LogP contribution in [-0.4, -0.2) is 22.2 Å². The molecule has 0 bridgehead atoms. The van der Waals surface area contributed by atoms with Gasteiger partial charge in [-0.2, -0.15) is 5.26 Å². The average molecular weight is 580 g/mol. The fourth-order valence-corrected chi connectivity index (χ4v) is 7.54. The smallest absolute Gasteiger partial charge is 0.219 e. The number of hydrogen-bond acceptors (Lipinski definition) is 9. The van der Waals surface area contributed by atoms with E-state index in [9.17, 15) is 10.1 Å². The zero-order valence-electron chi connectivity index (χ0n) is 21.2. The van der Waals surface area contributed by atoms with Gasteiger partial charge in [0.1, 0.15) is 5.82 Å². The Morgan fingerprint density at radius 1 is 1.18 bits per heavy atom. The number of nitriles is 1. The third-order valence-electron chi connectivity index (χ3n) is 6.73. The molecule has 0 fully saturated rings. The molecule has 0 saturated carbocycles. The van der Waals surface area contributed by atoms with Crippen LogP contribution in [-0.2, 0) is 10.5 Å². The summed E-state index contributed by atoms with van der Waals surface area (Å²) in [4.78, 5) is 16.6. The Balaban J connectivity index is 1.56. The van der Waals surface area contributed by atoms with Crippen LogP contribution in [0, 0.1) is 16.7 Å². The molecule has 1 atom stereocenters. The van der Waals surface area contributed by atoms with E-state index in [4.69, 9.17) is 17.3 Å². The first kappa shape index (κ1) is 26.8. The molecular formula is C28H26ClN5OS3. The van der Waals surface area contributed by atoms with E-state index >= 15 is 0 Å². The number of rotatable bonds is 6. The van der Waals surface area contributed by atoms with Crippen LogP contribution in [0.25, 0.3) is 0 Å². The van der Waals surface area contributed by atoms with E-state index in [-0.39, 0.29) is 11.2 Å². The van der Waals surface area contributed by atoms with Crippen molar-refractivity contribution in [2.24, 2.45) is 11.1 Å². The van der Waals surface area contributed by atoms with Crippen molar-refractivity contribution in [3.8, 4) is 6.07 Å². The summed E-state index contributed by atoms with van der Waals surface area (Å²) in [5.74, 6) is 0.483. The number of hydrogen-bond donors (Lipinski definition) is 1. The molecule has 6 nitrogen and oxygen atoms in total. The first-order valence-corrected chi connectivity index (χ1v) is 15.4. The number of nitrogens with zero attached hydrogens (tertiary/aromatic N) is 4. The minimum atomic E-state index is -0.507. The number of aromatic nitrogens is 2. The Bertz CT molecular complexity index is 1500. The lowest BCUT2D eigenvalue weighted by Gasteiger charge is -2.42. The van der Waals surface area contributed by atoms with Crippen LogP contribution in [0.1, 0.15) is 43.7 Å². The number of carbonyl (C=O) groups is 1. The van der Waals surface area contributed by atoms with Crippen molar-refractivity contribution in [1.29, 1.82) is 5.26 Å². The number of Topliss-reactive ketones (excluding diaryl/α,β-unsaturated/α-hetero) is 1. The second kappa shape index (κ2) is 10.8. The highest BCUT2D eigenvalue weighted by molar-refractivity contribution is 8.00. The van der Waals surface area contributed by atoms with Gasteiger partial charge < -0.3 is 5.73 Å². The summed E-state index contributed by atoms with van der Waals surface area (Å²) in [5.41, 5.74) is 10.2. The minimum Gasteiger partial charge on any atom is -0.384 e. The molecule has 2 N–H and O–H groups in total. The molecule has 0 radical (unpaired) electrons. The maximum atomic E-state index is 13.7. The topological polar surface area (TPSA) is 95.9 Å². The van der Waals surface area contributed by atoms with Crippen LogP contribution < -0.4 is 10.6 Å². The number of anilines is 1. The third kappa shape index (κ3) is 5.10. The molecule has 2 aliphatic rings. The first-order chi connectivity index (χ1) is 18.2. The van der Waals surface area contributed by atoms with Gasteiger partial charge in [0.15, 0.2) is 10.1 Å². The summed E-state index contributed by atoms with van der Waals surface area (Å²) in [7, 11) is 0. The maximum Gasteiger partial charge on any atom is 0.219 e. The lowest BCUT2D eigenvalue weighted by molar-refractivity contribution is -0.118.